The fraction of sp³-hybridized carbons (Fsp3) is 0.571. The molecule has 0 aromatic carbocycles. The zero-order valence-corrected chi connectivity index (χ0v) is 5.96. The molecule has 1 aromatic heterocycles. The topological polar surface area (TPSA) is 31.9 Å². The van der Waals surface area contributed by atoms with Crippen LogP contribution in [0.25, 0.3) is 0 Å². The second-order valence-corrected chi connectivity index (χ2v) is 2.72. The van der Waals surface area contributed by atoms with Crippen LogP contribution < -0.4 is 0 Å². The number of nitrogens with zero attached hydrogens (tertiary/aromatic N) is 2. The zero-order chi connectivity index (χ0) is 6.97. The smallest absolute Gasteiger partial charge is 0.0832 e. The molecule has 2 heterocycles. The van der Waals surface area contributed by atoms with Gasteiger partial charge in [0.1, 0.15) is 0 Å². The van der Waals surface area contributed by atoms with Crippen LogP contribution in [0.5, 0.6) is 0 Å². The van der Waals surface area contributed by atoms with E-state index in [0.29, 0.717) is 6.04 Å². The molecule has 10 heavy (non-hydrogen) atoms. The largest absolute Gasteiger partial charge is 0.298 e. The lowest BCUT2D eigenvalue weighted by molar-refractivity contribution is 0.124. The minimum atomic E-state index is 0.544. The van der Waals surface area contributed by atoms with Gasteiger partial charge in [-0.25, -0.2) is 0 Å². The number of aromatic nitrogens is 2. The molecule has 2 rings (SSSR count). The lowest BCUT2D eigenvalue weighted by Crippen LogP contribution is -2.37. The molecule has 0 amide bonds. The van der Waals surface area contributed by atoms with Crippen molar-refractivity contribution >= 4 is 0 Å². The van der Waals surface area contributed by atoms with E-state index in [1.165, 1.54) is 13.0 Å². The molecule has 1 radical (unpaired) electrons. The Morgan fingerprint density at radius 3 is 3.20 bits per heavy atom. The van der Waals surface area contributed by atoms with Crippen molar-refractivity contribution < 1.29 is 0 Å². The third-order valence-electron chi connectivity index (χ3n) is 2.10. The van der Waals surface area contributed by atoms with Crippen molar-refractivity contribution in [2.24, 2.45) is 0 Å². The van der Waals surface area contributed by atoms with Crippen LogP contribution in [0.4, 0.5) is 0 Å². The third kappa shape index (κ3) is 0.743. The van der Waals surface area contributed by atoms with Crippen molar-refractivity contribution in [3.8, 4) is 0 Å². The monoisotopic (exact) mass is 136 g/mol. The molecule has 3 nitrogen and oxygen atoms in total. The predicted molar refractivity (Wildman–Crippen MR) is 37.4 cm³/mol. The zero-order valence-electron chi connectivity index (χ0n) is 5.96. The summed E-state index contributed by atoms with van der Waals surface area (Å²) >= 11 is 0. The van der Waals surface area contributed by atoms with E-state index < -0.39 is 0 Å². The Labute approximate surface area is 60.0 Å². The minimum absolute atomic E-state index is 0.544. The van der Waals surface area contributed by atoms with Gasteiger partial charge in [0.2, 0.25) is 0 Å². The van der Waals surface area contributed by atoms with Crippen LogP contribution in [-0.2, 0) is 0 Å². The Morgan fingerprint density at radius 1 is 1.90 bits per heavy atom. The molecule has 1 aliphatic rings. The lowest BCUT2D eigenvalue weighted by atomic mass is 10.0. The highest BCUT2D eigenvalue weighted by molar-refractivity contribution is 5.07. The van der Waals surface area contributed by atoms with E-state index in [9.17, 15) is 0 Å². The summed E-state index contributed by atoms with van der Waals surface area (Å²) in [4.78, 5) is 2.28. The average Bonchev–Trinajstić information content (AvgIpc) is 2.37. The molecule has 1 N–H and O–H groups in total. The van der Waals surface area contributed by atoms with Crippen molar-refractivity contribution in [3.63, 3.8) is 0 Å². The first-order valence-electron chi connectivity index (χ1n) is 3.49. The molecule has 0 saturated carbocycles. The maximum absolute atomic E-state index is 4.07. The molecule has 3 heteroatoms. The van der Waals surface area contributed by atoms with Crippen molar-refractivity contribution in [2.75, 3.05) is 13.6 Å². The Bertz CT molecular complexity index is 205. The number of aromatic amines is 1. The van der Waals surface area contributed by atoms with E-state index in [1.54, 1.807) is 0 Å². The van der Waals surface area contributed by atoms with Crippen LogP contribution in [-0.4, -0.2) is 28.7 Å². The molecule has 0 bridgehead atoms. The summed E-state index contributed by atoms with van der Waals surface area (Å²) in [6.07, 6.45) is 4.07. The highest BCUT2D eigenvalue weighted by Gasteiger charge is 2.26. The number of nitrogens with one attached hydrogen (secondary N) is 1. The van der Waals surface area contributed by atoms with Crippen LogP contribution >= 0.6 is 0 Å². The Hall–Kier alpha value is -0.830. The van der Waals surface area contributed by atoms with Crippen molar-refractivity contribution in [1.29, 1.82) is 0 Å². The van der Waals surface area contributed by atoms with E-state index in [2.05, 4.69) is 28.3 Å². The normalized spacial score (nSPS) is 26.3. The minimum Gasteiger partial charge on any atom is -0.298 e. The average molecular weight is 136 g/mol. The maximum atomic E-state index is 4.07. The second kappa shape index (κ2) is 2.09. The van der Waals surface area contributed by atoms with Crippen LogP contribution in [0.3, 0.4) is 0 Å². The van der Waals surface area contributed by atoms with Crippen molar-refractivity contribution in [1.82, 2.24) is 15.1 Å². The van der Waals surface area contributed by atoms with Gasteiger partial charge in [-0.1, -0.05) is 0 Å². The van der Waals surface area contributed by atoms with E-state index in [1.807, 2.05) is 6.07 Å². The van der Waals surface area contributed by atoms with Crippen LogP contribution in [0.1, 0.15) is 18.2 Å². The van der Waals surface area contributed by atoms with Gasteiger partial charge in [0.25, 0.3) is 0 Å². The number of hydrogen-bond acceptors (Lipinski definition) is 2. The summed E-state index contributed by atoms with van der Waals surface area (Å²) in [6, 6.07) is 2.46. The van der Waals surface area contributed by atoms with E-state index in [4.69, 9.17) is 0 Å². The van der Waals surface area contributed by atoms with Gasteiger partial charge in [0, 0.05) is 6.54 Å². The quantitative estimate of drug-likeness (QED) is 0.612. The van der Waals surface area contributed by atoms with Gasteiger partial charge >= 0.3 is 0 Å². The van der Waals surface area contributed by atoms with E-state index >= 15 is 0 Å². The molecular formula is C7H10N3. The highest BCUT2D eigenvalue weighted by Crippen LogP contribution is 2.28. The Balaban J connectivity index is 2.14. The van der Waals surface area contributed by atoms with Gasteiger partial charge in [-0.3, -0.25) is 10.00 Å². The fourth-order valence-corrected chi connectivity index (χ4v) is 1.30. The summed E-state index contributed by atoms with van der Waals surface area (Å²) in [5.74, 6) is 0. The molecule has 0 spiro atoms. The standard InChI is InChI=1S/C7H10N3/c1-10-5-3-7(10)6-2-4-8-9-6/h2,7H,3,5H2,1H3,(H,8,9). The second-order valence-electron chi connectivity index (χ2n) is 2.72. The summed E-state index contributed by atoms with van der Waals surface area (Å²) in [7, 11) is 2.11. The maximum Gasteiger partial charge on any atom is 0.0832 e. The fourth-order valence-electron chi connectivity index (χ4n) is 1.30. The van der Waals surface area contributed by atoms with Gasteiger partial charge in [0.05, 0.1) is 17.9 Å². The summed E-state index contributed by atoms with van der Waals surface area (Å²) in [6.45, 7) is 1.19. The van der Waals surface area contributed by atoms with Crippen molar-refractivity contribution in [3.05, 3.63) is 18.0 Å². The van der Waals surface area contributed by atoms with Gasteiger partial charge < -0.3 is 0 Å². The van der Waals surface area contributed by atoms with Gasteiger partial charge in [0.15, 0.2) is 0 Å². The number of rotatable bonds is 1. The molecule has 53 valence electrons. The molecule has 1 aliphatic heterocycles. The first kappa shape index (κ1) is 5.92. The number of likely N-dealkylation sites (tertiary alicyclic amines) is 1. The Morgan fingerprint density at radius 2 is 2.80 bits per heavy atom. The molecule has 0 aliphatic carbocycles. The number of H-pyrrole nitrogens is 1. The molecule has 1 fully saturated rings. The number of hydrogen-bond donors (Lipinski definition) is 1. The lowest BCUT2D eigenvalue weighted by Gasteiger charge is -2.36. The van der Waals surface area contributed by atoms with Gasteiger partial charge in [-0.05, 0) is 19.5 Å². The highest BCUT2D eigenvalue weighted by atomic mass is 15.2. The first-order chi connectivity index (χ1) is 4.88. The third-order valence-corrected chi connectivity index (χ3v) is 2.10. The first-order valence-corrected chi connectivity index (χ1v) is 3.49. The molecular weight excluding hydrogens is 126 g/mol. The molecule has 1 unspecified atom stereocenters. The molecule has 1 saturated heterocycles. The van der Waals surface area contributed by atoms with Crippen LogP contribution in [0.2, 0.25) is 0 Å². The van der Waals surface area contributed by atoms with Crippen LogP contribution in [0, 0.1) is 6.20 Å². The summed E-state index contributed by atoms with van der Waals surface area (Å²) in [5, 5.41) is 6.76. The SMILES string of the molecule is CN1CCC1c1c[c][nH]n1. The van der Waals surface area contributed by atoms with Gasteiger partial charge in [-0.15, -0.1) is 0 Å². The summed E-state index contributed by atoms with van der Waals surface area (Å²) < 4.78 is 0. The van der Waals surface area contributed by atoms with E-state index in [-0.39, 0.29) is 0 Å². The van der Waals surface area contributed by atoms with Gasteiger partial charge in [-0.2, -0.15) is 5.10 Å². The predicted octanol–water partition coefficient (Wildman–Crippen LogP) is 0.586. The Kier molecular flexibility index (Phi) is 1.24. The van der Waals surface area contributed by atoms with Crippen molar-refractivity contribution in [2.45, 2.75) is 12.5 Å². The molecule has 1 atom stereocenters. The summed E-state index contributed by atoms with van der Waals surface area (Å²) in [5.41, 5.74) is 1.12. The molecule has 1 aromatic rings. The van der Waals surface area contributed by atoms with Crippen LogP contribution in [0.15, 0.2) is 6.07 Å². The van der Waals surface area contributed by atoms with E-state index in [0.717, 1.165) is 5.69 Å².